The zero-order valence-electron chi connectivity index (χ0n) is 28.8. The van der Waals surface area contributed by atoms with Crippen LogP contribution in [0.1, 0.15) is 24.2 Å². The zero-order valence-corrected chi connectivity index (χ0v) is 29.6. The minimum Gasteiger partial charge on any atom is -0.256 e. The number of hydrogen-bond acceptors (Lipinski definition) is 5. The van der Waals surface area contributed by atoms with Crippen LogP contribution < -0.4 is 0 Å². The summed E-state index contributed by atoms with van der Waals surface area (Å²) in [6, 6.07) is 49.1. The summed E-state index contributed by atoms with van der Waals surface area (Å²) in [5.74, 6) is 2.04. The Morgan fingerprint density at radius 1 is 0.509 bits per heavy atom. The molecule has 0 fully saturated rings. The number of rotatable bonds is 5. The van der Waals surface area contributed by atoms with Crippen LogP contribution in [0.15, 0.2) is 170 Å². The Morgan fingerprint density at radius 3 is 2.08 bits per heavy atom. The van der Waals surface area contributed by atoms with E-state index in [0.29, 0.717) is 17.5 Å². The van der Waals surface area contributed by atoms with Gasteiger partial charge in [-0.3, -0.25) is 4.98 Å². The van der Waals surface area contributed by atoms with Crippen molar-refractivity contribution in [1.29, 1.82) is 0 Å². The van der Waals surface area contributed by atoms with Gasteiger partial charge in [0.2, 0.25) is 0 Å². The van der Waals surface area contributed by atoms with Crippen molar-refractivity contribution in [2.75, 3.05) is 0 Å². The molecular weight excluding hydrogens is 665 g/mol. The molecule has 0 saturated heterocycles. The topological polar surface area (TPSA) is 51.6 Å². The maximum Gasteiger partial charge on any atom is 0.165 e. The van der Waals surface area contributed by atoms with Crippen LogP contribution in [0.3, 0.4) is 0 Å². The Kier molecular flexibility index (Phi) is 7.77. The van der Waals surface area contributed by atoms with Gasteiger partial charge < -0.3 is 0 Å². The van der Waals surface area contributed by atoms with Crippen LogP contribution in [0.2, 0.25) is 0 Å². The lowest BCUT2D eigenvalue weighted by molar-refractivity contribution is 0.985. The van der Waals surface area contributed by atoms with E-state index in [0.717, 1.165) is 62.5 Å². The van der Waals surface area contributed by atoms with E-state index in [1.165, 1.54) is 31.1 Å². The number of allylic oxidation sites excluding steroid dienone is 6. The van der Waals surface area contributed by atoms with E-state index >= 15 is 0 Å². The van der Waals surface area contributed by atoms with Crippen LogP contribution in [0, 0.1) is 0 Å². The van der Waals surface area contributed by atoms with Crippen molar-refractivity contribution in [2.24, 2.45) is 0 Å². The van der Waals surface area contributed by atoms with Crippen LogP contribution in [-0.4, -0.2) is 19.9 Å². The second-order valence-electron chi connectivity index (χ2n) is 13.3. The van der Waals surface area contributed by atoms with E-state index in [4.69, 9.17) is 19.9 Å². The van der Waals surface area contributed by atoms with Gasteiger partial charge in [0, 0.05) is 48.3 Å². The Morgan fingerprint density at radius 2 is 1.23 bits per heavy atom. The van der Waals surface area contributed by atoms with Crippen molar-refractivity contribution in [3.63, 3.8) is 0 Å². The monoisotopic (exact) mass is 696 g/mol. The third-order valence-electron chi connectivity index (χ3n) is 10.0. The third kappa shape index (κ3) is 5.72. The summed E-state index contributed by atoms with van der Waals surface area (Å²) in [6.45, 7) is 0. The highest BCUT2D eigenvalue weighted by Gasteiger charge is 2.20. The van der Waals surface area contributed by atoms with Crippen LogP contribution in [0.4, 0.5) is 0 Å². The van der Waals surface area contributed by atoms with Gasteiger partial charge in [0.05, 0.1) is 5.52 Å². The van der Waals surface area contributed by atoms with Crippen LogP contribution in [0.25, 0.3) is 86.9 Å². The second-order valence-corrected chi connectivity index (χ2v) is 14.4. The van der Waals surface area contributed by atoms with Gasteiger partial charge in [-0.25, -0.2) is 15.0 Å². The molecule has 0 amide bonds. The van der Waals surface area contributed by atoms with Gasteiger partial charge in [0.15, 0.2) is 17.5 Å². The molecule has 10 rings (SSSR count). The van der Waals surface area contributed by atoms with Crippen molar-refractivity contribution in [3.8, 4) is 33.9 Å². The number of benzene rings is 6. The van der Waals surface area contributed by atoms with Gasteiger partial charge in [0.25, 0.3) is 0 Å². The van der Waals surface area contributed by atoms with E-state index in [1.807, 2.05) is 30.5 Å². The molecule has 0 atom stereocenters. The molecule has 0 N–H and O–H groups in total. The molecule has 1 aliphatic carbocycles. The number of thiophene rings is 1. The molecule has 6 aromatic carbocycles. The standard InChI is InChI=1S/C48H32N4S/c1-3-14-31(15-4-1)32-16-7-8-19-34(26-25-32)47-50-46(33-17-5-2-6-18-33)51-48(52-47)42-30-36(29-41-38-22-11-12-24-43(38)53-45(41)42)40-28-35-20-13-27-49-44(35)39-23-10-9-21-37(39)40/h1-7,9-18,20-30H,8,19H2/b16-7?,32-25+,34-26+. The van der Waals surface area contributed by atoms with Gasteiger partial charge in [0.1, 0.15) is 0 Å². The predicted molar refractivity (Wildman–Crippen MR) is 223 cm³/mol. The highest BCUT2D eigenvalue weighted by atomic mass is 32.1. The van der Waals surface area contributed by atoms with Crippen molar-refractivity contribution in [3.05, 3.63) is 181 Å². The molecule has 0 unspecified atom stereocenters. The van der Waals surface area contributed by atoms with Crippen LogP contribution in [0.5, 0.6) is 0 Å². The van der Waals surface area contributed by atoms with E-state index in [1.54, 1.807) is 11.3 Å². The lowest BCUT2D eigenvalue weighted by Crippen LogP contribution is -2.03. The fourth-order valence-electron chi connectivity index (χ4n) is 7.45. The number of nitrogens with zero attached hydrogens (tertiary/aromatic N) is 4. The lowest BCUT2D eigenvalue weighted by atomic mass is 9.93. The summed E-state index contributed by atoms with van der Waals surface area (Å²) in [6.07, 6.45) is 12.4. The highest BCUT2D eigenvalue weighted by molar-refractivity contribution is 7.26. The van der Waals surface area contributed by atoms with Gasteiger partial charge in [-0.2, -0.15) is 0 Å². The Hall–Kier alpha value is -6.56. The summed E-state index contributed by atoms with van der Waals surface area (Å²) in [7, 11) is 0. The van der Waals surface area contributed by atoms with Crippen molar-refractivity contribution in [2.45, 2.75) is 12.8 Å². The highest BCUT2D eigenvalue weighted by Crippen LogP contribution is 2.44. The Balaban J connectivity index is 1.24. The molecule has 3 heterocycles. The second kappa shape index (κ2) is 13.2. The first kappa shape index (κ1) is 31.2. The van der Waals surface area contributed by atoms with Gasteiger partial charge in [-0.05, 0) is 76.4 Å². The first-order valence-corrected chi connectivity index (χ1v) is 18.8. The fourth-order valence-corrected chi connectivity index (χ4v) is 8.64. The van der Waals surface area contributed by atoms with Gasteiger partial charge in [-0.1, -0.05) is 133 Å². The number of aromatic nitrogens is 4. The lowest BCUT2D eigenvalue weighted by Gasteiger charge is -2.14. The number of fused-ring (bicyclic) bond motifs is 6. The Bertz CT molecular complexity index is 2940. The molecule has 0 aliphatic heterocycles. The van der Waals surface area contributed by atoms with E-state index in [2.05, 4.69) is 140 Å². The molecule has 0 spiro atoms. The molecule has 53 heavy (non-hydrogen) atoms. The van der Waals surface area contributed by atoms with Crippen LogP contribution in [-0.2, 0) is 0 Å². The third-order valence-corrected chi connectivity index (χ3v) is 11.3. The summed E-state index contributed by atoms with van der Waals surface area (Å²) in [4.78, 5) is 20.5. The normalized spacial score (nSPS) is 15.2. The molecule has 0 bridgehead atoms. The van der Waals surface area contributed by atoms with Crippen molar-refractivity contribution in [1.82, 2.24) is 19.9 Å². The molecule has 5 heteroatoms. The molecule has 4 nitrogen and oxygen atoms in total. The Labute approximate surface area is 311 Å². The summed E-state index contributed by atoms with van der Waals surface area (Å²) in [5.41, 5.74) is 8.68. The summed E-state index contributed by atoms with van der Waals surface area (Å²) >= 11 is 1.80. The van der Waals surface area contributed by atoms with E-state index in [9.17, 15) is 0 Å². The quantitative estimate of drug-likeness (QED) is 0.168. The zero-order chi connectivity index (χ0) is 35.1. The fraction of sp³-hybridized carbons (Fsp3) is 0.0417. The maximum atomic E-state index is 5.34. The van der Waals surface area contributed by atoms with E-state index in [-0.39, 0.29) is 0 Å². The largest absolute Gasteiger partial charge is 0.256 e. The molecule has 9 aromatic rings. The van der Waals surface area contributed by atoms with E-state index < -0.39 is 0 Å². The smallest absolute Gasteiger partial charge is 0.165 e. The SMILES string of the molecule is C1=C/C(c2ccccc2)=C\C=C(\c2nc(-c3ccccc3)nc(-c3cc(-c4cc5cccnc5c5ccccc45)cc4c3sc3ccccc34)n2)CC1. The van der Waals surface area contributed by atoms with Gasteiger partial charge >= 0.3 is 0 Å². The first-order valence-electron chi connectivity index (χ1n) is 17.9. The predicted octanol–water partition coefficient (Wildman–Crippen LogP) is 12.8. The van der Waals surface area contributed by atoms with Crippen molar-refractivity contribution >= 4 is 64.3 Å². The average Bonchev–Trinajstić information content (AvgIpc) is 3.59. The minimum atomic E-state index is 0.665. The van der Waals surface area contributed by atoms with Gasteiger partial charge in [-0.15, -0.1) is 11.3 Å². The number of hydrogen-bond donors (Lipinski definition) is 0. The number of pyridine rings is 1. The molecular formula is C48H32N4S. The molecule has 0 radical (unpaired) electrons. The maximum absolute atomic E-state index is 5.34. The molecule has 250 valence electrons. The summed E-state index contributed by atoms with van der Waals surface area (Å²) < 4.78 is 2.40. The van der Waals surface area contributed by atoms with Crippen LogP contribution >= 0.6 is 11.3 Å². The molecule has 0 saturated carbocycles. The summed E-state index contributed by atoms with van der Waals surface area (Å²) in [5, 5.41) is 5.84. The molecule has 1 aliphatic rings. The first-order chi connectivity index (χ1) is 26.3. The van der Waals surface area contributed by atoms with Crippen molar-refractivity contribution < 1.29 is 0 Å². The average molecular weight is 697 g/mol. The molecule has 3 aromatic heterocycles. The minimum absolute atomic E-state index is 0.665.